The largest absolute Gasteiger partial charge is 0.491 e. The molecule has 160 valence electrons. The van der Waals surface area contributed by atoms with Crippen LogP contribution in [-0.4, -0.2) is 48.7 Å². The lowest BCUT2D eigenvalue weighted by Gasteiger charge is -2.27. The van der Waals surface area contributed by atoms with E-state index in [1.807, 2.05) is 13.8 Å². The van der Waals surface area contributed by atoms with Gasteiger partial charge >= 0.3 is 0 Å². The lowest BCUT2D eigenvalue weighted by Crippen LogP contribution is -2.39. The summed E-state index contributed by atoms with van der Waals surface area (Å²) in [7, 11) is 0. The highest BCUT2D eigenvalue weighted by Gasteiger charge is 2.14. The molecule has 0 bridgehead atoms. The number of hydrogen-bond acceptors (Lipinski definition) is 5. The molecule has 0 aromatic heterocycles. The highest BCUT2D eigenvalue weighted by Crippen LogP contribution is 2.19. The van der Waals surface area contributed by atoms with Crippen LogP contribution < -0.4 is 9.57 Å². The third kappa shape index (κ3) is 8.35. The fourth-order valence-electron chi connectivity index (χ4n) is 2.57. The Morgan fingerprint density at radius 3 is 2.24 bits per heavy atom. The average molecular weight is 409 g/mol. The van der Waals surface area contributed by atoms with E-state index in [9.17, 15) is 13.9 Å². The van der Waals surface area contributed by atoms with Crippen LogP contribution in [-0.2, 0) is 11.2 Å². The molecule has 0 saturated carbocycles. The summed E-state index contributed by atoms with van der Waals surface area (Å²) in [6.07, 6.45) is -0.115. The number of halogens is 2. The number of aliphatic hydroxyl groups excluding tert-OH is 1. The lowest BCUT2D eigenvalue weighted by atomic mass is 10.1. The molecule has 0 fully saturated rings. The van der Waals surface area contributed by atoms with Gasteiger partial charge in [-0.2, -0.15) is 0 Å². The van der Waals surface area contributed by atoms with Crippen molar-refractivity contribution in [2.75, 3.05) is 26.4 Å². The summed E-state index contributed by atoms with van der Waals surface area (Å²) in [4.78, 5) is 5.80. The Labute approximate surface area is 170 Å². The van der Waals surface area contributed by atoms with Gasteiger partial charge in [-0.15, -0.1) is 5.06 Å². The average Bonchev–Trinajstić information content (AvgIpc) is 2.66. The lowest BCUT2D eigenvalue weighted by molar-refractivity contribution is -0.105. The molecule has 2 aromatic carbocycles. The molecule has 0 spiro atoms. The molecule has 0 heterocycles. The van der Waals surface area contributed by atoms with E-state index < -0.39 is 17.7 Å². The topological polar surface area (TPSA) is 51.2 Å². The Morgan fingerprint density at radius 2 is 1.62 bits per heavy atom. The molecule has 1 N–H and O–H groups in total. The monoisotopic (exact) mass is 409 g/mol. The van der Waals surface area contributed by atoms with E-state index in [0.29, 0.717) is 49.8 Å². The van der Waals surface area contributed by atoms with Crippen LogP contribution in [0, 0.1) is 11.6 Å². The fourth-order valence-corrected chi connectivity index (χ4v) is 2.57. The molecule has 1 unspecified atom stereocenters. The zero-order valence-corrected chi connectivity index (χ0v) is 17.1. The molecule has 7 heteroatoms. The third-order valence-corrected chi connectivity index (χ3v) is 4.09. The van der Waals surface area contributed by atoms with Crippen LogP contribution in [0.2, 0.25) is 0 Å². The van der Waals surface area contributed by atoms with Crippen LogP contribution in [0.15, 0.2) is 42.5 Å². The maximum absolute atomic E-state index is 13.5. The normalized spacial score (nSPS) is 12.4. The molecule has 0 amide bonds. The van der Waals surface area contributed by atoms with Crippen LogP contribution in [0.3, 0.4) is 0 Å². The molecule has 2 rings (SSSR count). The number of benzene rings is 2. The molecule has 0 saturated heterocycles. The molecular weight excluding hydrogens is 380 g/mol. The molecule has 2 aromatic rings. The second kappa shape index (κ2) is 11.7. The van der Waals surface area contributed by atoms with Crippen LogP contribution in [0.4, 0.5) is 8.78 Å². The van der Waals surface area contributed by atoms with Gasteiger partial charge in [0.1, 0.15) is 29.7 Å². The van der Waals surface area contributed by atoms with Crippen molar-refractivity contribution in [3.05, 3.63) is 59.7 Å². The molecule has 0 radical (unpaired) electrons. The van der Waals surface area contributed by atoms with Crippen molar-refractivity contribution >= 4 is 0 Å². The second-order valence-corrected chi connectivity index (χ2v) is 7.05. The van der Waals surface area contributed by atoms with E-state index in [0.717, 1.165) is 6.07 Å². The zero-order valence-electron chi connectivity index (χ0n) is 17.1. The van der Waals surface area contributed by atoms with Crippen molar-refractivity contribution < 1.29 is 28.2 Å². The van der Waals surface area contributed by atoms with Crippen LogP contribution in [0.5, 0.6) is 11.5 Å². The first-order valence-corrected chi connectivity index (χ1v) is 9.72. The summed E-state index contributed by atoms with van der Waals surface area (Å²) >= 11 is 0. The van der Waals surface area contributed by atoms with Crippen LogP contribution in [0.25, 0.3) is 0 Å². The van der Waals surface area contributed by atoms with Crippen molar-refractivity contribution in [3.8, 4) is 11.5 Å². The van der Waals surface area contributed by atoms with E-state index in [1.165, 1.54) is 12.1 Å². The van der Waals surface area contributed by atoms with E-state index >= 15 is 0 Å². The number of ether oxygens (including phenoxy) is 2. The number of rotatable bonds is 12. The summed E-state index contributed by atoms with van der Waals surface area (Å²) in [6.45, 7) is 7.15. The Balaban J connectivity index is 1.68. The minimum Gasteiger partial charge on any atom is -0.491 e. The van der Waals surface area contributed by atoms with Gasteiger partial charge in [-0.05, 0) is 63.1 Å². The Kier molecular flexibility index (Phi) is 9.31. The van der Waals surface area contributed by atoms with Crippen molar-refractivity contribution in [1.82, 2.24) is 5.06 Å². The van der Waals surface area contributed by atoms with Crippen molar-refractivity contribution in [2.24, 2.45) is 0 Å². The SMILES string of the molecule is CC(O)CN(Oc1ccc(OCCOCCc2ccc(F)cc2F)cc1)C(C)C. The quantitative estimate of drug-likeness (QED) is 0.424. The van der Waals surface area contributed by atoms with Crippen molar-refractivity contribution in [1.29, 1.82) is 0 Å². The number of hydrogen-bond donors (Lipinski definition) is 1. The maximum atomic E-state index is 13.5. The molecule has 0 aliphatic heterocycles. The van der Waals surface area contributed by atoms with E-state index in [1.54, 1.807) is 36.3 Å². The summed E-state index contributed by atoms with van der Waals surface area (Å²) in [6, 6.07) is 10.8. The van der Waals surface area contributed by atoms with E-state index in [4.69, 9.17) is 14.3 Å². The molecule has 1 atom stereocenters. The molecular formula is C22H29F2NO4. The van der Waals surface area contributed by atoms with Gasteiger partial charge in [0.05, 0.1) is 25.9 Å². The van der Waals surface area contributed by atoms with Gasteiger partial charge in [0.25, 0.3) is 0 Å². The maximum Gasteiger partial charge on any atom is 0.147 e. The Bertz CT molecular complexity index is 738. The summed E-state index contributed by atoms with van der Waals surface area (Å²) in [5.41, 5.74) is 0.425. The van der Waals surface area contributed by atoms with Gasteiger partial charge in [0, 0.05) is 12.1 Å². The minimum atomic E-state index is -0.586. The number of aliphatic hydroxyl groups is 1. The summed E-state index contributed by atoms with van der Waals surface area (Å²) in [5.74, 6) is 0.190. The van der Waals surface area contributed by atoms with Gasteiger partial charge in [-0.3, -0.25) is 0 Å². The van der Waals surface area contributed by atoms with Gasteiger partial charge in [-0.25, -0.2) is 8.78 Å². The molecule has 0 aliphatic rings. The minimum absolute atomic E-state index is 0.126. The van der Waals surface area contributed by atoms with E-state index in [-0.39, 0.29) is 6.04 Å². The summed E-state index contributed by atoms with van der Waals surface area (Å²) in [5, 5.41) is 11.3. The third-order valence-electron chi connectivity index (χ3n) is 4.09. The second-order valence-electron chi connectivity index (χ2n) is 7.05. The predicted octanol–water partition coefficient (Wildman–Crippen LogP) is 3.99. The molecule has 5 nitrogen and oxygen atoms in total. The highest BCUT2D eigenvalue weighted by molar-refractivity contribution is 5.31. The fraction of sp³-hybridized carbons (Fsp3) is 0.455. The highest BCUT2D eigenvalue weighted by atomic mass is 19.1. The standard InChI is InChI=1S/C22H29F2NO4/c1-16(2)25(15-17(3)26)29-21-8-6-20(7-9-21)28-13-12-27-11-10-18-4-5-19(23)14-22(18)24/h4-9,14,16-17,26H,10-13,15H2,1-3H3. The number of hydroxylamine groups is 2. The smallest absolute Gasteiger partial charge is 0.147 e. The van der Waals surface area contributed by atoms with Gasteiger partial charge in [-0.1, -0.05) is 6.07 Å². The van der Waals surface area contributed by atoms with Crippen molar-refractivity contribution in [2.45, 2.75) is 39.3 Å². The number of nitrogens with zero attached hydrogens (tertiary/aromatic N) is 1. The van der Waals surface area contributed by atoms with Crippen molar-refractivity contribution in [3.63, 3.8) is 0 Å². The van der Waals surface area contributed by atoms with Gasteiger partial charge in [0.2, 0.25) is 0 Å². The first-order chi connectivity index (χ1) is 13.8. The first-order valence-electron chi connectivity index (χ1n) is 9.72. The van der Waals surface area contributed by atoms with Gasteiger partial charge in [0.15, 0.2) is 0 Å². The molecule has 0 aliphatic carbocycles. The predicted molar refractivity (Wildman–Crippen MR) is 107 cm³/mol. The Morgan fingerprint density at radius 1 is 0.931 bits per heavy atom. The zero-order chi connectivity index (χ0) is 21.2. The van der Waals surface area contributed by atoms with Crippen LogP contribution >= 0.6 is 0 Å². The first kappa shape index (κ1) is 23.1. The van der Waals surface area contributed by atoms with Gasteiger partial charge < -0.3 is 19.4 Å². The Hall–Kier alpha value is -2.22. The van der Waals surface area contributed by atoms with E-state index in [2.05, 4.69) is 0 Å². The summed E-state index contributed by atoms with van der Waals surface area (Å²) < 4.78 is 37.4. The van der Waals surface area contributed by atoms with Crippen LogP contribution in [0.1, 0.15) is 26.3 Å². The molecule has 29 heavy (non-hydrogen) atoms.